The molecule has 1 heterocycles. The Labute approximate surface area is 166 Å². The van der Waals surface area contributed by atoms with Gasteiger partial charge in [-0.1, -0.05) is 35.3 Å². The van der Waals surface area contributed by atoms with Crippen LogP contribution in [0.15, 0.2) is 48.5 Å². The van der Waals surface area contributed by atoms with Gasteiger partial charge in [-0.2, -0.15) is 5.10 Å². The standard InChI is InChI=1S/C20H17Cl2N3O2/c1-27-15-4-2-3-12(9-15)18-11-19(20(26)23-13-5-6-13)25(24-18)14-7-8-16(21)17(22)10-14/h2-4,7-11,13H,5-6H2,1H3,(H,23,26). The molecule has 5 nitrogen and oxygen atoms in total. The van der Waals surface area contributed by atoms with Gasteiger partial charge in [0.25, 0.3) is 5.91 Å². The Morgan fingerprint density at radius 1 is 1.15 bits per heavy atom. The number of methoxy groups -OCH3 is 1. The SMILES string of the molecule is COc1cccc(-c2cc(C(=O)NC3CC3)n(-c3ccc(Cl)c(Cl)c3)n2)c1. The number of hydrogen-bond donors (Lipinski definition) is 1. The predicted octanol–water partition coefficient (Wildman–Crippen LogP) is 4.75. The summed E-state index contributed by atoms with van der Waals surface area (Å²) in [5.41, 5.74) is 2.63. The van der Waals surface area contributed by atoms with Crippen LogP contribution in [-0.2, 0) is 0 Å². The van der Waals surface area contributed by atoms with Crippen molar-refractivity contribution in [3.63, 3.8) is 0 Å². The Kier molecular flexibility index (Phi) is 4.81. The molecule has 1 fully saturated rings. The minimum Gasteiger partial charge on any atom is -0.497 e. The Hall–Kier alpha value is -2.50. The van der Waals surface area contributed by atoms with Crippen molar-refractivity contribution in [2.75, 3.05) is 7.11 Å². The number of aromatic nitrogens is 2. The number of carbonyl (C=O) groups is 1. The van der Waals surface area contributed by atoms with Crippen LogP contribution in [0.1, 0.15) is 23.3 Å². The van der Waals surface area contributed by atoms with Crippen molar-refractivity contribution in [1.82, 2.24) is 15.1 Å². The topological polar surface area (TPSA) is 56.1 Å². The summed E-state index contributed by atoms with van der Waals surface area (Å²) in [7, 11) is 1.61. The molecule has 138 valence electrons. The fraction of sp³-hybridized carbons (Fsp3) is 0.200. The lowest BCUT2D eigenvalue weighted by Gasteiger charge is -2.08. The van der Waals surface area contributed by atoms with E-state index >= 15 is 0 Å². The molecule has 27 heavy (non-hydrogen) atoms. The quantitative estimate of drug-likeness (QED) is 0.670. The highest BCUT2D eigenvalue weighted by molar-refractivity contribution is 6.42. The van der Waals surface area contributed by atoms with E-state index in [9.17, 15) is 4.79 Å². The van der Waals surface area contributed by atoms with Crippen LogP contribution in [0.3, 0.4) is 0 Å². The highest BCUT2D eigenvalue weighted by Gasteiger charge is 2.26. The number of halogens is 2. The highest BCUT2D eigenvalue weighted by Crippen LogP contribution is 2.29. The van der Waals surface area contributed by atoms with E-state index in [-0.39, 0.29) is 11.9 Å². The maximum atomic E-state index is 12.8. The minimum atomic E-state index is -0.162. The third-order valence-corrected chi connectivity index (χ3v) is 5.11. The average molecular weight is 402 g/mol. The second kappa shape index (κ2) is 7.25. The Bertz CT molecular complexity index is 1010. The average Bonchev–Trinajstić information content (AvgIpc) is 3.38. The molecular formula is C20H17Cl2N3O2. The summed E-state index contributed by atoms with van der Waals surface area (Å²) in [6.45, 7) is 0. The number of ether oxygens (including phenoxy) is 1. The number of nitrogens with zero attached hydrogens (tertiary/aromatic N) is 2. The van der Waals surface area contributed by atoms with E-state index in [1.54, 1.807) is 36.1 Å². The monoisotopic (exact) mass is 401 g/mol. The first kappa shape index (κ1) is 17.9. The lowest BCUT2D eigenvalue weighted by molar-refractivity contribution is 0.0943. The zero-order valence-corrected chi connectivity index (χ0v) is 16.1. The van der Waals surface area contributed by atoms with E-state index in [1.807, 2.05) is 24.3 Å². The smallest absolute Gasteiger partial charge is 0.270 e. The zero-order valence-electron chi connectivity index (χ0n) is 14.6. The van der Waals surface area contributed by atoms with Crippen LogP contribution < -0.4 is 10.1 Å². The van der Waals surface area contributed by atoms with E-state index in [2.05, 4.69) is 10.4 Å². The van der Waals surface area contributed by atoms with Gasteiger partial charge in [0.2, 0.25) is 0 Å². The van der Waals surface area contributed by atoms with Crippen molar-refractivity contribution in [2.45, 2.75) is 18.9 Å². The minimum absolute atomic E-state index is 0.162. The van der Waals surface area contributed by atoms with Crippen LogP contribution in [-0.4, -0.2) is 28.8 Å². The third kappa shape index (κ3) is 3.80. The summed E-state index contributed by atoms with van der Waals surface area (Å²) >= 11 is 12.2. The molecule has 1 aliphatic carbocycles. The van der Waals surface area contributed by atoms with Crippen LogP contribution in [0.5, 0.6) is 5.75 Å². The van der Waals surface area contributed by atoms with Gasteiger partial charge in [0, 0.05) is 11.6 Å². The van der Waals surface area contributed by atoms with Crippen LogP contribution in [0.2, 0.25) is 10.0 Å². The Balaban J connectivity index is 1.80. The summed E-state index contributed by atoms with van der Waals surface area (Å²) in [5.74, 6) is 0.561. The van der Waals surface area contributed by atoms with E-state index in [0.29, 0.717) is 27.1 Å². The highest BCUT2D eigenvalue weighted by atomic mass is 35.5. The molecule has 1 amide bonds. The van der Waals surface area contributed by atoms with Crippen molar-refractivity contribution in [3.05, 3.63) is 64.3 Å². The summed E-state index contributed by atoms with van der Waals surface area (Å²) in [6, 6.07) is 14.7. The first-order chi connectivity index (χ1) is 13.0. The second-order valence-electron chi connectivity index (χ2n) is 6.40. The molecule has 0 bridgehead atoms. The van der Waals surface area contributed by atoms with E-state index in [0.717, 1.165) is 24.2 Å². The van der Waals surface area contributed by atoms with Gasteiger partial charge < -0.3 is 10.1 Å². The van der Waals surface area contributed by atoms with E-state index in [4.69, 9.17) is 27.9 Å². The van der Waals surface area contributed by atoms with Crippen molar-refractivity contribution in [1.29, 1.82) is 0 Å². The van der Waals surface area contributed by atoms with Crippen LogP contribution in [0.4, 0.5) is 0 Å². The van der Waals surface area contributed by atoms with Gasteiger partial charge in [0.05, 0.1) is 28.5 Å². The molecule has 7 heteroatoms. The van der Waals surface area contributed by atoms with Crippen molar-refractivity contribution >= 4 is 29.1 Å². The second-order valence-corrected chi connectivity index (χ2v) is 7.22. The predicted molar refractivity (Wildman–Crippen MR) is 106 cm³/mol. The number of rotatable bonds is 5. The molecule has 0 radical (unpaired) electrons. The van der Waals surface area contributed by atoms with Gasteiger partial charge in [-0.15, -0.1) is 0 Å². The Morgan fingerprint density at radius 2 is 1.96 bits per heavy atom. The number of benzene rings is 2. The maximum absolute atomic E-state index is 12.8. The fourth-order valence-electron chi connectivity index (χ4n) is 2.77. The van der Waals surface area contributed by atoms with Crippen molar-refractivity contribution < 1.29 is 9.53 Å². The molecule has 0 aliphatic heterocycles. The zero-order chi connectivity index (χ0) is 19.0. The third-order valence-electron chi connectivity index (χ3n) is 4.37. The van der Waals surface area contributed by atoms with Crippen LogP contribution in [0, 0.1) is 0 Å². The number of nitrogens with one attached hydrogen (secondary N) is 1. The number of hydrogen-bond acceptors (Lipinski definition) is 3. The van der Waals surface area contributed by atoms with E-state index < -0.39 is 0 Å². The van der Waals surface area contributed by atoms with Gasteiger partial charge in [0.15, 0.2) is 0 Å². The normalized spacial score (nSPS) is 13.4. The first-order valence-electron chi connectivity index (χ1n) is 8.56. The molecule has 0 atom stereocenters. The summed E-state index contributed by atoms with van der Waals surface area (Å²) in [6.07, 6.45) is 2.02. The molecule has 0 unspecified atom stereocenters. The molecule has 1 N–H and O–H groups in total. The molecule has 1 saturated carbocycles. The van der Waals surface area contributed by atoms with Crippen molar-refractivity contribution in [2.24, 2.45) is 0 Å². The maximum Gasteiger partial charge on any atom is 0.270 e. The summed E-state index contributed by atoms with van der Waals surface area (Å²) in [4.78, 5) is 12.8. The molecular weight excluding hydrogens is 385 g/mol. The molecule has 1 aliphatic rings. The molecule has 3 aromatic rings. The van der Waals surface area contributed by atoms with Gasteiger partial charge >= 0.3 is 0 Å². The number of amides is 1. The van der Waals surface area contributed by atoms with Gasteiger partial charge in [0.1, 0.15) is 11.4 Å². The molecule has 0 spiro atoms. The Morgan fingerprint density at radius 3 is 2.67 bits per heavy atom. The molecule has 0 saturated heterocycles. The van der Waals surface area contributed by atoms with Gasteiger partial charge in [-0.25, -0.2) is 4.68 Å². The van der Waals surface area contributed by atoms with Crippen molar-refractivity contribution in [3.8, 4) is 22.7 Å². The van der Waals surface area contributed by atoms with Gasteiger partial charge in [-0.3, -0.25) is 4.79 Å². The lowest BCUT2D eigenvalue weighted by Crippen LogP contribution is -2.27. The first-order valence-corrected chi connectivity index (χ1v) is 9.31. The summed E-state index contributed by atoms with van der Waals surface area (Å²) < 4.78 is 6.88. The fourth-order valence-corrected chi connectivity index (χ4v) is 3.06. The largest absolute Gasteiger partial charge is 0.497 e. The van der Waals surface area contributed by atoms with E-state index in [1.165, 1.54) is 0 Å². The lowest BCUT2D eigenvalue weighted by atomic mass is 10.1. The van der Waals surface area contributed by atoms with Crippen LogP contribution >= 0.6 is 23.2 Å². The molecule has 1 aromatic heterocycles. The van der Waals surface area contributed by atoms with Crippen LogP contribution in [0.25, 0.3) is 16.9 Å². The molecule has 2 aromatic carbocycles. The number of carbonyl (C=O) groups excluding carboxylic acids is 1. The van der Waals surface area contributed by atoms with Gasteiger partial charge in [-0.05, 0) is 49.2 Å². The summed E-state index contributed by atoms with van der Waals surface area (Å²) in [5, 5.41) is 8.51. The molecule has 4 rings (SSSR count).